The lowest BCUT2D eigenvalue weighted by Gasteiger charge is -2.31. The highest BCUT2D eigenvalue weighted by Gasteiger charge is 2.20. The van der Waals surface area contributed by atoms with E-state index in [1.807, 2.05) is 24.3 Å². The second-order valence-corrected chi connectivity index (χ2v) is 8.63. The van der Waals surface area contributed by atoms with E-state index in [9.17, 15) is 13.6 Å². The zero-order chi connectivity index (χ0) is 23.2. The van der Waals surface area contributed by atoms with Crippen LogP contribution in [0.25, 0.3) is 11.3 Å². The Labute approximate surface area is 192 Å². The summed E-state index contributed by atoms with van der Waals surface area (Å²) in [6.07, 6.45) is 7.97. The van der Waals surface area contributed by atoms with E-state index in [4.69, 9.17) is 4.42 Å². The van der Waals surface area contributed by atoms with Crippen LogP contribution in [0.1, 0.15) is 50.0 Å². The van der Waals surface area contributed by atoms with Crippen molar-refractivity contribution in [2.24, 2.45) is 0 Å². The van der Waals surface area contributed by atoms with Gasteiger partial charge in [0, 0.05) is 31.1 Å². The third-order valence-corrected chi connectivity index (χ3v) is 6.24. The minimum absolute atomic E-state index is 0.0112. The third-order valence-electron chi connectivity index (χ3n) is 6.24. The number of benzene rings is 2. The summed E-state index contributed by atoms with van der Waals surface area (Å²) < 4.78 is 33.4. The number of aryl methyl sites for hydroxylation is 1. The number of nitrogens with one attached hydrogen (secondary N) is 1. The molecule has 0 saturated heterocycles. The van der Waals surface area contributed by atoms with Crippen LogP contribution >= 0.6 is 0 Å². The van der Waals surface area contributed by atoms with E-state index in [1.165, 1.54) is 44.4 Å². The van der Waals surface area contributed by atoms with Crippen LogP contribution in [-0.2, 0) is 17.8 Å². The first-order chi connectivity index (χ1) is 16.0. The van der Waals surface area contributed by atoms with Crippen molar-refractivity contribution < 1.29 is 18.0 Å². The van der Waals surface area contributed by atoms with Gasteiger partial charge in [-0.25, -0.2) is 13.8 Å². The normalized spacial score (nSPS) is 14.5. The molecule has 1 fully saturated rings. The van der Waals surface area contributed by atoms with Crippen LogP contribution in [0, 0.1) is 11.6 Å². The minimum atomic E-state index is -0.717. The van der Waals surface area contributed by atoms with Gasteiger partial charge in [-0.05, 0) is 43.7 Å². The molecule has 33 heavy (non-hydrogen) atoms. The van der Waals surface area contributed by atoms with Crippen LogP contribution in [0.5, 0.6) is 0 Å². The Bertz CT molecular complexity index is 1070. The van der Waals surface area contributed by atoms with Gasteiger partial charge in [-0.3, -0.25) is 9.69 Å². The topological polar surface area (TPSA) is 58.4 Å². The van der Waals surface area contributed by atoms with Gasteiger partial charge < -0.3 is 9.73 Å². The average molecular weight is 454 g/mol. The Kier molecular flexibility index (Phi) is 7.50. The molecular formula is C26H29F2N3O2. The summed E-state index contributed by atoms with van der Waals surface area (Å²) in [4.78, 5) is 19.0. The van der Waals surface area contributed by atoms with Gasteiger partial charge in [0.2, 0.25) is 5.91 Å². The van der Waals surface area contributed by atoms with Gasteiger partial charge in [0.25, 0.3) is 0 Å². The maximum Gasteiger partial charge on any atom is 0.224 e. The molecule has 1 amide bonds. The van der Waals surface area contributed by atoms with Crippen molar-refractivity contribution in [1.29, 1.82) is 0 Å². The Morgan fingerprint density at radius 2 is 1.82 bits per heavy atom. The van der Waals surface area contributed by atoms with Gasteiger partial charge in [0.05, 0.1) is 11.8 Å². The summed E-state index contributed by atoms with van der Waals surface area (Å²) in [5, 5.41) is 2.99. The molecule has 7 heteroatoms. The van der Waals surface area contributed by atoms with Gasteiger partial charge in [-0.15, -0.1) is 0 Å². The van der Waals surface area contributed by atoms with Gasteiger partial charge in [-0.1, -0.05) is 43.5 Å². The molecule has 1 N–H and O–H groups in total. The Morgan fingerprint density at radius 1 is 1.09 bits per heavy atom. The highest BCUT2D eigenvalue weighted by Crippen LogP contribution is 2.27. The van der Waals surface area contributed by atoms with E-state index >= 15 is 0 Å². The fraction of sp³-hybridized carbons (Fsp3) is 0.385. The second kappa shape index (κ2) is 10.7. The van der Waals surface area contributed by atoms with Crippen molar-refractivity contribution in [3.63, 3.8) is 0 Å². The number of oxazole rings is 1. The number of aromatic nitrogens is 1. The number of para-hydroxylation sites is 1. The van der Waals surface area contributed by atoms with E-state index in [1.54, 1.807) is 0 Å². The SMILES string of the molecule is CN(Cc1ccccc1NC(=O)CCc1ncc(-c2c(F)cccc2F)o1)C1CCCCC1. The Balaban J connectivity index is 1.35. The summed E-state index contributed by atoms with van der Waals surface area (Å²) in [6, 6.07) is 12.0. The van der Waals surface area contributed by atoms with E-state index in [2.05, 4.69) is 22.2 Å². The fourth-order valence-electron chi connectivity index (χ4n) is 4.41. The van der Waals surface area contributed by atoms with Crippen molar-refractivity contribution in [3.8, 4) is 11.3 Å². The monoisotopic (exact) mass is 453 g/mol. The number of carbonyl (C=O) groups excluding carboxylic acids is 1. The smallest absolute Gasteiger partial charge is 0.224 e. The molecule has 0 aliphatic heterocycles. The maximum atomic E-state index is 14.0. The molecule has 0 spiro atoms. The largest absolute Gasteiger partial charge is 0.441 e. The van der Waals surface area contributed by atoms with E-state index in [0.717, 1.165) is 29.9 Å². The first-order valence-electron chi connectivity index (χ1n) is 11.5. The summed E-state index contributed by atoms with van der Waals surface area (Å²) in [7, 11) is 2.15. The zero-order valence-electron chi connectivity index (χ0n) is 18.8. The summed E-state index contributed by atoms with van der Waals surface area (Å²) in [5.74, 6) is -1.33. The summed E-state index contributed by atoms with van der Waals surface area (Å²) in [6.45, 7) is 0.776. The molecule has 1 saturated carbocycles. The van der Waals surface area contributed by atoms with E-state index < -0.39 is 11.6 Å². The number of rotatable bonds is 8. The number of hydrogen-bond acceptors (Lipinski definition) is 4. The predicted octanol–water partition coefficient (Wildman–Crippen LogP) is 5.96. The predicted molar refractivity (Wildman–Crippen MR) is 124 cm³/mol. The zero-order valence-corrected chi connectivity index (χ0v) is 18.8. The van der Waals surface area contributed by atoms with Crippen molar-refractivity contribution in [1.82, 2.24) is 9.88 Å². The first kappa shape index (κ1) is 23.1. The van der Waals surface area contributed by atoms with Crippen LogP contribution < -0.4 is 5.32 Å². The van der Waals surface area contributed by atoms with Gasteiger partial charge >= 0.3 is 0 Å². The Morgan fingerprint density at radius 3 is 2.58 bits per heavy atom. The molecule has 174 valence electrons. The van der Waals surface area contributed by atoms with Crippen LogP contribution in [-0.4, -0.2) is 28.9 Å². The molecular weight excluding hydrogens is 424 g/mol. The fourth-order valence-corrected chi connectivity index (χ4v) is 4.41. The summed E-state index contributed by atoms with van der Waals surface area (Å²) >= 11 is 0. The molecule has 1 aliphatic carbocycles. The highest BCUT2D eigenvalue weighted by molar-refractivity contribution is 5.91. The second-order valence-electron chi connectivity index (χ2n) is 8.63. The lowest BCUT2D eigenvalue weighted by Crippen LogP contribution is -2.33. The number of amides is 1. The lowest BCUT2D eigenvalue weighted by atomic mass is 9.94. The molecule has 0 unspecified atom stereocenters. The van der Waals surface area contributed by atoms with Crippen molar-refractivity contribution in [3.05, 3.63) is 71.8 Å². The third kappa shape index (κ3) is 5.85. The van der Waals surface area contributed by atoms with E-state index in [0.29, 0.717) is 6.04 Å². The molecule has 0 radical (unpaired) electrons. The minimum Gasteiger partial charge on any atom is -0.441 e. The standard InChI is InChI=1S/C26H29F2N3O2/c1-31(19-9-3-2-4-10-19)17-18-8-5-6-13-22(18)30-24(32)14-15-25-29-16-23(33-25)26-20(27)11-7-12-21(26)28/h5-8,11-13,16,19H,2-4,9-10,14-15,17H2,1H3,(H,30,32). The van der Waals surface area contributed by atoms with Crippen LogP contribution in [0.4, 0.5) is 14.5 Å². The molecule has 5 nitrogen and oxygen atoms in total. The van der Waals surface area contributed by atoms with Crippen molar-refractivity contribution in [2.75, 3.05) is 12.4 Å². The first-order valence-corrected chi connectivity index (χ1v) is 11.5. The van der Waals surface area contributed by atoms with Gasteiger partial charge in [-0.2, -0.15) is 0 Å². The summed E-state index contributed by atoms with van der Waals surface area (Å²) in [5.41, 5.74) is 1.62. The van der Waals surface area contributed by atoms with E-state index in [-0.39, 0.29) is 36.0 Å². The maximum absolute atomic E-state index is 14.0. The van der Waals surface area contributed by atoms with Crippen LogP contribution in [0.3, 0.4) is 0 Å². The lowest BCUT2D eigenvalue weighted by molar-refractivity contribution is -0.116. The average Bonchev–Trinajstić information content (AvgIpc) is 3.28. The molecule has 1 aliphatic rings. The highest BCUT2D eigenvalue weighted by atomic mass is 19.1. The number of nitrogens with zero attached hydrogens (tertiary/aromatic N) is 2. The number of carbonyl (C=O) groups is 1. The van der Waals surface area contributed by atoms with Crippen molar-refractivity contribution >= 4 is 11.6 Å². The molecule has 4 rings (SSSR count). The van der Waals surface area contributed by atoms with Gasteiger partial charge in [0.15, 0.2) is 11.7 Å². The Hall–Kier alpha value is -3.06. The molecule has 0 bridgehead atoms. The molecule has 1 aromatic heterocycles. The number of anilines is 1. The number of hydrogen-bond donors (Lipinski definition) is 1. The molecule has 1 heterocycles. The molecule has 0 atom stereocenters. The number of halogens is 2. The molecule has 3 aromatic rings. The van der Waals surface area contributed by atoms with Crippen LogP contribution in [0.15, 0.2) is 53.1 Å². The van der Waals surface area contributed by atoms with Crippen molar-refractivity contribution in [2.45, 2.75) is 57.5 Å². The van der Waals surface area contributed by atoms with Gasteiger partial charge in [0.1, 0.15) is 11.6 Å². The molecule has 2 aromatic carbocycles. The van der Waals surface area contributed by atoms with Crippen LogP contribution in [0.2, 0.25) is 0 Å². The quantitative estimate of drug-likeness (QED) is 0.458.